The Morgan fingerprint density at radius 2 is 1.69 bits per heavy atom. The molecule has 1 aliphatic heterocycles. The lowest BCUT2D eigenvalue weighted by Gasteiger charge is -2.30. The molecule has 1 aromatic carbocycles. The van der Waals surface area contributed by atoms with Gasteiger partial charge in [0.1, 0.15) is 12.3 Å². The van der Waals surface area contributed by atoms with Crippen LogP contribution in [0.1, 0.15) is 189 Å². The van der Waals surface area contributed by atoms with Gasteiger partial charge < -0.3 is 50.2 Å². The molecule has 1 aliphatic carbocycles. The Kier molecular flexibility index (Phi) is 22.6. The van der Waals surface area contributed by atoms with Gasteiger partial charge in [0, 0.05) is 67.1 Å². The molecule has 5 amide bonds. The fourth-order valence-electron chi connectivity index (χ4n) is 10.3. The van der Waals surface area contributed by atoms with Crippen molar-refractivity contribution in [3.8, 4) is 11.4 Å². The molecule has 75 heavy (non-hydrogen) atoms. The number of carbonyl (C=O) groups is 6. The predicted molar refractivity (Wildman–Crippen MR) is 291 cm³/mol. The normalized spacial score (nSPS) is 15.1. The van der Waals surface area contributed by atoms with Gasteiger partial charge in [-0.2, -0.15) is 0 Å². The number of nitrogens with one attached hydrogen (secondary N) is 5. The molecule has 4 unspecified atom stereocenters. The van der Waals surface area contributed by atoms with Crippen LogP contribution in [0.3, 0.4) is 0 Å². The molecule has 0 radical (unpaired) electrons. The number of rotatable bonds is 31. The van der Waals surface area contributed by atoms with E-state index in [1.165, 1.54) is 24.5 Å². The summed E-state index contributed by atoms with van der Waals surface area (Å²) in [4.78, 5) is 95.6. The molecule has 5 rings (SSSR count). The Morgan fingerprint density at radius 3 is 2.39 bits per heavy atom. The number of aldehydes is 1. The van der Waals surface area contributed by atoms with Gasteiger partial charge in [0.05, 0.1) is 48.0 Å². The number of nitrogens with zero attached hydrogens (tertiary/aromatic N) is 2. The minimum Gasteiger partial charge on any atom is -0.419 e. The van der Waals surface area contributed by atoms with Crippen molar-refractivity contribution in [2.45, 2.75) is 201 Å². The molecule has 17 nitrogen and oxygen atoms in total. The molecular formula is C58H85N7O10. The van der Waals surface area contributed by atoms with E-state index in [1.54, 1.807) is 10.6 Å². The van der Waals surface area contributed by atoms with Gasteiger partial charge in [-0.15, -0.1) is 0 Å². The zero-order chi connectivity index (χ0) is 54.9. The monoisotopic (exact) mass is 1040 g/mol. The number of alkyl carbamates (subject to hydrolysis) is 1. The van der Waals surface area contributed by atoms with E-state index in [0.29, 0.717) is 113 Å². The van der Waals surface area contributed by atoms with Crippen molar-refractivity contribution in [3.05, 3.63) is 73.8 Å². The first-order chi connectivity index (χ1) is 35.8. The van der Waals surface area contributed by atoms with Gasteiger partial charge in [-0.3, -0.25) is 24.0 Å². The molecule has 0 saturated carbocycles. The second-order valence-corrected chi connectivity index (χ2v) is 21.9. The quantitative estimate of drug-likeness (QED) is 0.0183. The van der Waals surface area contributed by atoms with Gasteiger partial charge in [0.15, 0.2) is 0 Å². The first kappa shape index (κ1) is 59.9. The molecule has 412 valence electrons. The molecule has 4 atom stereocenters. The van der Waals surface area contributed by atoms with E-state index in [-0.39, 0.29) is 54.4 Å². The van der Waals surface area contributed by atoms with Crippen LogP contribution in [0.15, 0.2) is 29.3 Å². The third-order valence-electron chi connectivity index (χ3n) is 14.5. The maximum atomic E-state index is 14.1. The van der Waals surface area contributed by atoms with Gasteiger partial charge in [-0.25, -0.2) is 9.78 Å². The second-order valence-electron chi connectivity index (χ2n) is 21.9. The van der Waals surface area contributed by atoms with E-state index in [4.69, 9.17) is 19.2 Å². The van der Waals surface area contributed by atoms with Crippen LogP contribution in [0, 0.1) is 19.8 Å². The molecule has 0 spiro atoms. The third kappa shape index (κ3) is 16.5. The largest absolute Gasteiger partial charge is 0.419 e. The standard InChI is InChI=1S/C58H85N7O10/c1-11-20-40(53(69)60-28-18-15-22-46(61-49(68)23-14-13-17-27-59-36-67)54(70)64-58(8,9)26-30-75-57(5,6)7)21-16-19-29-74-56(72)63-45-25-24-41-38(4)37(3)31-47-50(41)51(45)43-33-65-48(52(43)62-47)32-42(39(12-2)34-66)44(35-73-10)55(65)71/h19,29,31-32,34,36,39-40,45-46H,11-18,20-28,30,33,35H2,1-10H3,(H,59,67)(H,60,69)(H,61,68)(H,63,72)(H,64,70)/b29-19+. The Balaban J connectivity index is 1.17. The number of benzene rings is 1. The first-order valence-corrected chi connectivity index (χ1v) is 27.3. The average molecular weight is 1040 g/mol. The van der Waals surface area contributed by atoms with Crippen LogP contribution < -0.4 is 32.1 Å². The number of hydrogen-bond acceptors (Lipinski definition) is 11. The second kappa shape index (κ2) is 28.3. The summed E-state index contributed by atoms with van der Waals surface area (Å²) in [5.74, 6) is -1.24. The van der Waals surface area contributed by atoms with Crippen molar-refractivity contribution in [3.63, 3.8) is 0 Å². The van der Waals surface area contributed by atoms with Crippen LogP contribution in [0.2, 0.25) is 0 Å². The van der Waals surface area contributed by atoms with E-state index < -0.39 is 29.6 Å². The smallest absolute Gasteiger partial charge is 0.412 e. The summed E-state index contributed by atoms with van der Waals surface area (Å²) in [5, 5.41) is 15.9. The molecule has 3 aromatic rings. The van der Waals surface area contributed by atoms with Crippen LogP contribution in [-0.4, -0.2) is 90.1 Å². The Bertz CT molecular complexity index is 2580. The number of carbonyl (C=O) groups excluding carboxylic acids is 6. The zero-order valence-electron chi connectivity index (χ0n) is 46.4. The minimum atomic E-state index is -0.740. The molecule has 0 fully saturated rings. The summed E-state index contributed by atoms with van der Waals surface area (Å²) in [7, 11) is 1.53. The number of unbranched alkanes of at least 4 members (excludes halogenated alkanes) is 3. The molecule has 3 heterocycles. The van der Waals surface area contributed by atoms with Crippen LogP contribution >= 0.6 is 0 Å². The Labute approximate surface area is 443 Å². The number of amides is 5. The summed E-state index contributed by atoms with van der Waals surface area (Å²) >= 11 is 0. The number of aromatic nitrogens is 2. The average Bonchev–Trinajstić information content (AvgIpc) is 3.73. The molecule has 0 saturated heterocycles. The van der Waals surface area contributed by atoms with E-state index in [9.17, 15) is 33.6 Å². The van der Waals surface area contributed by atoms with Gasteiger partial charge in [-0.1, -0.05) is 26.7 Å². The summed E-state index contributed by atoms with van der Waals surface area (Å²) in [6, 6.07) is 2.82. The van der Waals surface area contributed by atoms with Crippen molar-refractivity contribution in [1.82, 2.24) is 36.1 Å². The number of aryl methyl sites for hydroxylation is 2. The number of allylic oxidation sites excluding steroid dienone is 1. The lowest BCUT2D eigenvalue weighted by molar-refractivity contribution is -0.130. The highest BCUT2D eigenvalue weighted by Gasteiger charge is 2.36. The Morgan fingerprint density at radius 1 is 0.933 bits per heavy atom. The van der Waals surface area contributed by atoms with E-state index in [2.05, 4.69) is 46.5 Å². The number of ether oxygens (including phenoxy) is 3. The zero-order valence-corrected chi connectivity index (χ0v) is 46.4. The minimum absolute atomic E-state index is 0.0576. The summed E-state index contributed by atoms with van der Waals surface area (Å²) in [6.07, 6.45) is 13.1. The lowest BCUT2D eigenvalue weighted by Crippen LogP contribution is -2.53. The van der Waals surface area contributed by atoms with Crippen molar-refractivity contribution in [2.24, 2.45) is 5.92 Å². The molecule has 5 N–H and O–H groups in total. The van der Waals surface area contributed by atoms with Crippen LogP contribution in [0.4, 0.5) is 4.79 Å². The highest BCUT2D eigenvalue weighted by atomic mass is 16.5. The van der Waals surface area contributed by atoms with Crippen molar-refractivity contribution >= 4 is 47.4 Å². The summed E-state index contributed by atoms with van der Waals surface area (Å²) in [6.45, 7) is 19.7. The van der Waals surface area contributed by atoms with Crippen LogP contribution in [0.25, 0.3) is 22.3 Å². The Hall–Kier alpha value is -5.94. The van der Waals surface area contributed by atoms with Gasteiger partial charge in [0.2, 0.25) is 24.1 Å². The van der Waals surface area contributed by atoms with Crippen molar-refractivity contribution in [1.29, 1.82) is 0 Å². The topological polar surface area (TPSA) is 225 Å². The first-order valence-electron chi connectivity index (χ1n) is 27.3. The SMILES string of the molecule is CCCC(CC/C=C/OC(=O)NC1CCc2c(C)c(C)cc3nc4c(c1c23)Cn1c-4cc(C(C=O)CC)c(COC)c1=O)C(=O)NCCCCC(NC(=O)CCCCCNC=O)C(=O)NC(C)(C)CCOC(C)(C)C. The number of hydrogen-bond donors (Lipinski definition) is 5. The highest BCUT2D eigenvalue weighted by molar-refractivity contribution is 5.94. The maximum Gasteiger partial charge on any atom is 0.412 e. The fourth-order valence-corrected chi connectivity index (χ4v) is 10.3. The van der Waals surface area contributed by atoms with E-state index >= 15 is 0 Å². The fraction of sp³-hybridized carbons (Fsp3) is 0.621. The van der Waals surface area contributed by atoms with E-state index in [1.807, 2.05) is 54.5 Å². The maximum absolute atomic E-state index is 14.1. The molecular weight excluding hydrogens is 955 g/mol. The van der Waals surface area contributed by atoms with Gasteiger partial charge in [0.25, 0.3) is 5.56 Å². The number of fused-ring (bicyclic) bond motifs is 4. The molecule has 17 heteroatoms. The van der Waals surface area contributed by atoms with Crippen LogP contribution in [-0.2, 0) is 57.8 Å². The third-order valence-corrected chi connectivity index (χ3v) is 14.5. The summed E-state index contributed by atoms with van der Waals surface area (Å²) in [5.41, 5.74) is 7.36. The molecule has 2 aromatic heterocycles. The highest BCUT2D eigenvalue weighted by Crippen LogP contribution is 2.45. The van der Waals surface area contributed by atoms with Crippen molar-refractivity contribution < 1.29 is 43.0 Å². The number of pyridine rings is 2. The van der Waals surface area contributed by atoms with Crippen molar-refractivity contribution in [2.75, 3.05) is 26.8 Å². The lowest BCUT2D eigenvalue weighted by atomic mass is 9.81. The number of methoxy groups -OCH3 is 1. The van der Waals surface area contributed by atoms with E-state index in [0.717, 1.165) is 59.6 Å². The molecule has 0 bridgehead atoms. The van der Waals surface area contributed by atoms with Gasteiger partial charge in [-0.05, 0) is 172 Å². The predicted octanol–water partition coefficient (Wildman–Crippen LogP) is 8.48. The van der Waals surface area contributed by atoms with Crippen LogP contribution in [0.5, 0.6) is 0 Å². The summed E-state index contributed by atoms with van der Waals surface area (Å²) < 4.78 is 18.7. The molecule has 2 aliphatic rings. The van der Waals surface area contributed by atoms with Gasteiger partial charge >= 0.3 is 6.09 Å².